The van der Waals surface area contributed by atoms with Gasteiger partial charge in [0.25, 0.3) is 0 Å². The lowest BCUT2D eigenvalue weighted by molar-refractivity contribution is -0.138. The minimum atomic E-state index is -0.665. The van der Waals surface area contributed by atoms with Gasteiger partial charge in [-0.3, -0.25) is 14.8 Å². The van der Waals surface area contributed by atoms with Gasteiger partial charge in [0.1, 0.15) is 5.82 Å². The summed E-state index contributed by atoms with van der Waals surface area (Å²) in [5.41, 5.74) is 7.20. The Bertz CT molecular complexity index is 1560. The van der Waals surface area contributed by atoms with E-state index in [2.05, 4.69) is 59.4 Å². The van der Waals surface area contributed by atoms with Gasteiger partial charge in [-0.1, -0.05) is 42.8 Å². The Balaban J connectivity index is 1.16. The summed E-state index contributed by atoms with van der Waals surface area (Å²) in [5.74, 6) is 1.37. The first kappa shape index (κ1) is 26.4. The van der Waals surface area contributed by atoms with Crippen molar-refractivity contribution in [3.05, 3.63) is 87.7 Å². The number of aromatic amines is 1. The van der Waals surface area contributed by atoms with E-state index >= 15 is 0 Å². The Labute approximate surface area is 235 Å². The molecule has 3 heterocycles. The summed E-state index contributed by atoms with van der Waals surface area (Å²) in [6.07, 6.45) is 17.9. The molecule has 40 heavy (non-hydrogen) atoms. The number of rotatable bonds is 6. The first-order chi connectivity index (χ1) is 19.5. The van der Waals surface area contributed by atoms with Gasteiger partial charge in [-0.25, -0.2) is 4.98 Å². The third-order valence-electron chi connectivity index (χ3n) is 8.90. The fourth-order valence-corrected chi connectivity index (χ4v) is 6.66. The normalized spacial score (nSPS) is 23.0. The maximum atomic E-state index is 11.1. The summed E-state index contributed by atoms with van der Waals surface area (Å²) in [5, 5.41) is 11.3. The van der Waals surface area contributed by atoms with Crippen LogP contribution in [0.3, 0.4) is 0 Å². The van der Waals surface area contributed by atoms with Crippen LogP contribution in [0.4, 0.5) is 0 Å². The van der Waals surface area contributed by atoms with Gasteiger partial charge in [-0.15, -0.1) is 0 Å². The Morgan fingerprint density at radius 3 is 2.75 bits per heavy atom. The molecule has 3 atom stereocenters. The first-order valence-electron chi connectivity index (χ1n) is 14.8. The fraction of sp³-hybridized carbons (Fsp3) is 0.412. The highest BCUT2D eigenvalue weighted by Crippen LogP contribution is 2.35. The maximum absolute atomic E-state index is 11.1. The molecular weight excluding hydrogens is 496 g/mol. The smallest absolute Gasteiger partial charge is 0.303 e. The van der Waals surface area contributed by atoms with Crippen LogP contribution < -0.4 is 10.7 Å². The van der Waals surface area contributed by atoms with E-state index in [-0.39, 0.29) is 5.92 Å². The van der Waals surface area contributed by atoms with Gasteiger partial charge in [0.05, 0.1) is 16.4 Å². The minimum absolute atomic E-state index is 0.266. The number of pyridine rings is 1. The third kappa shape index (κ3) is 5.86. The van der Waals surface area contributed by atoms with Crippen LogP contribution in [-0.2, 0) is 4.79 Å². The molecule has 1 fully saturated rings. The molecule has 2 aromatic heterocycles. The van der Waals surface area contributed by atoms with Crippen molar-refractivity contribution in [3.63, 3.8) is 0 Å². The summed E-state index contributed by atoms with van der Waals surface area (Å²) >= 11 is 0. The van der Waals surface area contributed by atoms with Crippen LogP contribution in [0.15, 0.2) is 53.8 Å². The number of carboxylic acids is 1. The standard InChI is InChI=1S/C34H38N4O2/c1-22-5-4-18-35-33(22)27-16-17-30-31(20-27)38-34(37-30)28-8-3-9-29(36-21-28)26-14-12-25(13-15-26)24-7-2-6-23(10-11-24)19-32(39)40/h4-5,12-15,17-18,20-21,23-24,27H,2-3,6-11,16,19H2,1H3,(H,37,38)(H,39,40). The zero-order valence-electron chi connectivity index (χ0n) is 23.3. The van der Waals surface area contributed by atoms with Crippen LogP contribution in [0.2, 0.25) is 0 Å². The van der Waals surface area contributed by atoms with E-state index < -0.39 is 5.97 Å². The van der Waals surface area contributed by atoms with Crippen molar-refractivity contribution in [2.24, 2.45) is 10.9 Å². The number of nitrogens with one attached hydrogen (secondary N) is 1. The van der Waals surface area contributed by atoms with Crippen LogP contribution in [0.25, 0.3) is 17.7 Å². The predicted molar refractivity (Wildman–Crippen MR) is 159 cm³/mol. The molecule has 0 bridgehead atoms. The third-order valence-corrected chi connectivity index (χ3v) is 8.90. The molecule has 2 aliphatic carbocycles. The number of hydrogen-bond acceptors (Lipinski definition) is 4. The average molecular weight is 535 g/mol. The number of imidazole rings is 1. The van der Waals surface area contributed by atoms with E-state index in [1.54, 1.807) is 0 Å². The number of aliphatic imine (C=N–C) groups is 1. The van der Waals surface area contributed by atoms with Gasteiger partial charge in [0.2, 0.25) is 0 Å². The number of allylic oxidation sites excluding steroid dienone is 1. The van der Waals surface area contributed by atoms with Crippen molar-refractivity contribution in [1.82, 2.24) is 15.0 Å². The van der Waals surface area contributed by atoms with Gasteiger partial charge < -0.3 is 10.1 Å². The highest BCUT2D eigenvalue weighted by molar-refractivity contribution is 6.01. The van der Waals surface area contributed by atoms with Gasteiger partial charge in [0, 0.05) is 36.0 Å². The van der Waals surface area contributed by atoms with E-state index in [4.69, 9.17) is 15.1 Å². The molecular formula is C34H38N4O2. The summed E-state index contributed by atoms with van der Waals surface area (Å²) < 4.78 is 0. The molecule has 206 valence electrons. The van der Waals surface area contributed by atoms with E-state index in [0.717, 1.165) is 91.3 Å². The number of hydrogen-bond donors (Lipinski definition) is 2. The molecule has 1 aromatic carbocycles. The van der Waals surface area contributed by atoms with Crippen LogP contribution in [0.5, 0.6) is 0 Å². The number of aliphatic carboxylic acids is 1. The molecule has 3 aromatic rings. The molecule has 3 aliphatic rings. The SMILES string of the molecule is Cc1cccnc1C1C=c2[nH]c(C3=CN=C(c4ccc(C5CCCC(CC(=O)O)CC5)cc4)CCC3)nc2=CC1. The fourth-order valence-electron chi connectivity index (χ4n) is 6.66. The Hall–Kier alpha value is -3.80. The number of H-pyrrole nitrogens is 1. The van der Waals surface area contributed by atoms with Crippen molar-refractivity contribution in [2.75, 3.05) is 0 Å². The number of aromatic nitrogens is 3. The number of nitrogens with zero attached hydrogens (tertiary/aromatic N) is 3. The summed E-state index contributed by atoms with van der Waals surface area (Å²) in [4.78, 5) is 29.2. The van der Waals surface area contributed by atoms with E-state index in [9.17, 15) is 4.79 Å². The number of carboxylic acid groups (broad SMARTS) is 1. The molecule has 0 saturated heterocycles. The zero-order chi connectivity index (χ0) is 27.5. The molecule has 3 unspecified atom stereocenters. The second-order valence-electron chi connectivity index (χ2n) is 11.7. The maximum Gasteiger partial charge on any atom is 0.303 e. The van der Waals surface area contributed by atoms with Crippen LogP contribution >= 0.6 is 0 Å². The summed E-state index contributed by atoms with van der Waals surface area (Å²) in [7, 11) is 0. The predicted octanol–water partition coefficient (Wildman–Crippen LogP) is 6.01. The van der Waals surface area contributed by atoms with Gasteiger partial charge >= 0.3 is 5.97 Å². The highest BCUT2D eigenvalue weighted by Gasteiger charge is 2.22. The highest BCUT2D eigenvalue weighted by atomic mass is 16.4. The van der Waals surface area contributed by atoms with Crippen LogP contribution in [-0.4, -0.2) is 31.7 Å². The molecule has 6 nitrogen and oxygen atoms in total. The molecule has 6 heteroatoms. The van der Waals surface area contributed by atoms with Crippen LogP contribution in [0.1, 0.15) is 104 Å². The Kier molecular flexibility index (Phi) is 7.76. The Morgan fingerprint density at radius 2 is 1.93 bits per heavy atom. The zero-order valence-corrected chi connectivity index (χ0v) is 23.3. The van der Waals surface area contributed by atoms with Crippen molar-refractivity contribution in [3.8, 4) is 0 Å². The number of benzene rings is 1. The molecule has 1 saturated carbocycles. The van der Waals surface area contributed by atoms with Crippen molar-refractivity contribution >= 4 is 29.4 Å². The molecule has 0 spiro atoms. The second-order valence-corrected chi connectivity index (χ2v) is 11.7. The quantitative estimate of drug-likeness (QED) is 0.379. The lowest BCUT2D eigenvalue weighted by Crippen LogP contribution is -2.28. The van der Waals surface area contributed by atoms with Crippen molar-refractivity contribution < 1.29 is 9.90 Å². The van der Waals surface area contributed by atoms with Gasteiger partial charge in [-0.05, 0) is 99.0 Å². The van der Waals surface area contributed by atoms with E-state index in [0.29, 0.717) is 18.3 Å². The van der Waals surface area contributed by atoms with Gasteiger partial charge in [0.15, 0.2) is 0 Å². The first-order valence-corrected chi connectivity index (χ1v) is 14.8. The molecule has 6 rings (SSSR count). The number of aryl methyl sites for hydroxylation is 1. The summed E-state index contributed by atoms with van der Waals surface area (Å²) in [6, 6.07) is 13.1. The Morgan fingerprint density at radius 1 is 1.05 bits per heavy atom. The molecule has 0 radical (unpaired) electrons. The van der Waals surface area contributed by atoms with E-state index in [1.807, 2.05) is 18.5 Å². The molecule has 1 aliphatic heterocycles. The lowest BCUT2D eigenvalue weighted by Gasteiger charge is -2.16. The largest absolute Gasteiger partial charge is 0.481 e. The number of carbonyl (C=O) groups is 1. The molecule has 0 amide bonds. The lowest BCUT2D eigenvalue weighted by atomic mass is 9.89. The van der Waals surface area contributed by atoms with E-state index in [1.165, 1.54) is 16.7 Å². The topological polar surface area (TPSA) is 91.2 Å². The minimum Gasteiger partial charge on any atom is -0.481 e. The summed E-state index contributed by atoms with van der Waals surface area (Å²) in [6.45, 7) is 2.12. The van der Waals surface area contributed by atoms with Gasteiger partial charge in [-0.2, -0.15) is 0 Å². The van der Waals surface area contributed by atoms with Crippen molar-refractivity contribution in [2.45, 2.75) is 83.0 Å². The molecule has 2 N–H and O–H groups in total. The second kappa shape index (κ2) is 11.7. The van der Waals surface area contributed by atoms with Crippen molar-refractivity contribution in [1.29, 1.82) is 0 Å². The van der Waals surface area contributed by atoms with Crippen LogP contribution in [0, 0.1) is 12.8 Å². The number of fused-ring (bicyclic) bond motifs is 1. The monoisotopic (exact) mass is 534 g/mol. The average Bonchev–Trinajstić information content (AvgIpc) is 3.09.